The quantitative estimate of drug-likeness (QED) is 0.306. The minimum Gasteiger partial charge on any atom is -0.481 e. The van der Waals surface area contributed by atoms with Crippen LogP contribution in [0.25, 0.3) is 0 Å². The zero-order valence-electron chi connectivity index (χ0n) is 6.86. The highest BCUT2D eigenvalue weighted by Gasteiger charge is 1.98. The first-order valence-electron chi connectivity index (χ1n) is 3.49. The first-order valence-corrected chi connectivity index (χ1v) is 3.49. The molecule has 74 valence electrons. The largest absolute Gasteiger partial charge is 0.481 e. The number of nitrogens with two attached hydrogens (primary N) is 1. The van der Waals surface area contributed by atoms with E-state index in [1.807, 2.05) is 0 Å². The van der Waals surface area contributed by atoms with Crippen LogP contribution < -0.4 is 11.1 Å². The molecule has 7 heteroatoms. The van der Waals surface area contributed by atoms with Gasteiger partial charge in [0.2, 0.25) is 0 Å². The zero-order valence-corrected chi connectivity index (χ0v) is 6.86. The van der Waals surface area contributed by atoms with Gasteiger partial charge in [0.05, 0.1) is 6.42 Å². The van der Waals surface area contributed by atoms with Gasteiger partial charge in [0.25, 0.3) is 0 Å². The fourth-order valence-electron chi connectivity index (χ4n) is 0.506. The average Bonchev–Trinajstić information content (AvgIpc) is 2.00. The van der Waals surface area contributed by atoms with E-state index in [-0.39, 0.29) is 18.9 Å². The summed E-state index contributed by atoms with van der Waals surface area (Å²) in [5.41, 5.74) is 5.19. The third-order valence-electron chi connectivity index (χ3n) is 1.03. The van der Waals surface area contributed by atoms with E-state index in [1.165, 1.54) is 0 Å². The Morgan fingerprint density at radius 1 is 1.31 bits per heavy atom. The van der Waals surface area contributed by atoms with Crippen LogP contribution in [0.3, 0.4) is 0 Å². The number of carboxylic acid groups (broad SMARTS) is 2. The number of hydrogen-bond donors (Lipinski definition) is 4. The van der Waals surface area contributed by atoms with Crippen LogP contribution >= 0.6 is 0 Å². The summed E-state index contributed by atoms with van der Waals surface area (Å²) in [6, 6.07) is 0. The van der Waals surface area contributed by atoms with Crippen molar-refractivity contribution in [2.75, 3.05) is 13.1 Å². The molecule has 0 rings (SSSR count). The van der Waals surface area contributed by atoms with Crippen molar-refractivity contribution in [2.24, 2.45) is 10.7 Å². The molecule has 0 unspecified atom stereocenters. The van der Waals surface area contributed by atoms with Crippen LogP contribution in [0.15, 0.2) is 4.99 Å². The molecule has 0 saturated carbocycles. The van der Waals surface area contributed by atoms with E-state index in [0.717, 1.165) is 0 Å². The summed E-state index contributed by atoms with van der Waals surface area (Å²) in [4.78, 5) is 23.4. The van der Waals surface area contributed by atoms with Gasteiger partial charge < -0.3 is 21.3 Å². The van der Waals surface area contributed by atoms with Crippen molar-refractivity contribution in [3.05, 3.63) is 0 Å². The summed E-state index contributed by atoms with van der Waals surface area (Å²) >= 11 is 0. The normalized spacial score (nSPS) is 10.9. The van der Waals surface area contributed by atoms with Crippen LogP contribution in [0, 0.1) is 0 Å². The van der Waals surface area contributed by atoms with Crippen LogP contribution in [-0.4, -0.2) is 41.2 Å². The van der Waals surface area contributed by atoms with Crippen molar-refractivity contribution >= 4 is 17.9 Å². The molecule has 0 spiro atoms. The number of guanidine groups is 1. The smallest absolute Gasteiger partial charge is 0.325 e. The predicted octanol–water partition coefficient (Wildman–Crippen LogP) is -1.55. The number of nitrogens with zero attached hydrogens (tertiary/aromatic N) is 1. The van der Waals surface area contributed by atoms with Crippen molar-refractivity contribution in [2.45, 2.75) is 6.42 Å². The lowest BCUT2D eigenvalue weighted by Gasteiger charge is -2.01. The van der Waals surface area contributed by atoms with E-state index in [2.05, 4.69) is 10.3 Å². The highest BCUT2D eigenvalue weighted by molar-refractivity contribution is 5.81. The Labute approximate surface area is 74.3 Å². The highest BCUT2D eigenvalue weighted by atomic mass is 16.4. The van der Waals surface area contributed by atoms with Gasteiger partial charge in [-0.25, -0.2) is 4.99 Å². The number of hydrogen-bond acceptors (Lipinski definition) is 3. The van der Waals surface area contributed by atoms with Gasteiger partial charge in [-0.2, -0.15) is 0 Å². The molecule has 0 bridgehead atoms. The molecular formula is C6H11N3O4. The van der Waals surface area contributed by atoms with Crippen LogP contribution in [0.5, 0.6) is 0 Å². The molecule has 0 aliphatic rings. The van der Waals surface area contributed by atoms with E-state index in [1.54, 1.807) is 0 Å². The molecule has 0 saturated heterocycles. The zero-order chi connectivity index (χ0) is 10.3. The number of carbonyl (C=O) groups is 2. The molecule has 0 aliphatic carbocycles. The molecule has 0 aromatic rings. The topological polar surface area (TPSA) is 125 Å². The highest BCUT2D eigenvalue weighted by Crippen LogP contribution is 1.75. The Bertz CT molecular complexity index is 226. The van der Waals surface area contributed by atoms with Gasteiger partial charge in [-0.05, 0) is 0 Å². The summed E-state index contributed by atoms with van der Waals surface area (Å²) in [5, 5.41) is 18.9. The fourth-order valence-corrected chi connectivity index (χ4v) is 0.506. The van der Waals surface area contributed by atoms with Gasteiger partial charge in [0.1, 0.15) is 6.54 Å². The van der Waals surface area contributed by atoms with Crippen molar-refractivity contribution in [3.8, 4) is 0 Å². The molecule has 0 aromatic heterocycles. The lowest BCUT2D eigenvalue weighted by Crippen LogP contribution is -2.33. The minimum atomic E-state index is -1.09. The molecule has 5 N–H and O–H groups in total. The maximum atomic E-state index is 10.0. The molecule has 0 atom stereocenters. The summed E-state index contributed by atoms with van der Waals surface area (Å²) in [7, 11) is 0. The molecule has 0 amide bonds. The number of aliphatic imine (C=N–C) groups is 1. The molecular weight excluding hydrogens is 178 g/mol. The van der Waals surface area contributed by atoms with E-state index in [9.17, 15) is 9.59 Å². The van der Waals surface area contributed by atoms with Gasteiger partial charge in [-0.3, -0.25) is 9.59 Å². The summed E-state index contributed by atoms with van der Waals surface area (Å²) in [6.45, 7) is -0.295. The molecule has 0 aliphatic heterocycles. The van der Waals surface area contributed by atoms with Crippen LogP contribution in [0.2, 0.25) is 0 Å². The Morgan fingerprint density at radius 3 is 2.38 bits per heavy atom. The van der Waals surface area contributed by atoms with E-state index in [0.29, 0.717) is 0 Å². The van der Waals surface area contributed by atoms with Crippen LogP contribution in [0.1, 0.15) is 6.42 Å². The molecule has 7 nitrogen and oxygen atoms in total. The first-order chi connectivity index (χ1) is 6.02. The second-order valence-corrected chi connectivity index (χ2v) is 2.17. The average molecular weight is 189 g/mol. The third-order valence-corrected chi connectivity index (χ3v) is 1.03. The lowest BCUT2D eigenvalue weighted by molar-refractivity contribution is -0.137. The number of aliphatic carboxylic acids is 2. The Hall–Kier alpha value is -1.79. The van der Waals surface area contributed by atoms with E-state index < -0.39 is 18.5 Å². The second-order valence-electron chi connectivity index (χ2n) is 2.17. The van der Waals surface area contributed by atoms with Gasteiger partial charge in [0, 0.05) is 6.54 Å². The molecule has 0 heterocycles. The standard InChI is InChI=1S/C6H11N3O4/c7-6(9-3-5(12)13)8-2-1-4(10)11/h1-3H2,(H,10,11)(H,12,13)(H3,7,8,9). The van der Waals surface area contributed by atoms with Gasteiger partial charge in [-0.15, -0.1) is 0 Å². The molecule has 0 radical (unpaired) electrons. The molecule has 13 heavy (non-hydrogen) atoms. The minimum absolute atomic E-state index is 0.0661. The summed E-state index contributed by atoms with van der Waals surface area (Å²) < 4.78 is 0. The SMILES string of the molecule is NC(=NCC(=O)O)NCCC(=O)O. The number of carboxylic acids is 2. The first kappa shape index (κ1) is 11.2. The van der Waals surface area contributed by atoms with Crippen molar-refractivity contribution in [1.29, 1.82) is 0 Å². The van der Waals surface area contributed by atoms with Gasteiger partial charge in [-0.1, -0.05) is 0 Å². The number of nitrogens with one attached hydrogen (secondary N) is 1. The van der Waals surface area contributed by atoms with Crippen molar-refractivity contribution in [1.82, 2.24) is 5.32 Å². The van der Waals surface area contributed by atoms with Gasteiger partial charge in [0.15, 0.2) is 5.96 Å². The predicted molar refractivity (Wildman–Crippen MR) is 44.4 cm³/mol. The molecule has 0 fully saturated rings. The van der Waals surface area contributed by atoms with Crippen molar-refractivity contribution in [3.63, 3.8) is 0 Å². The Balaban J connectivity index is 3.61. The van der Waals surface area contributed by atoms with E-state index >= 15 is 0 Å². The fraction of sp³-hybridized carbons (Fsp3) is 0.500. The number of rotatable bonds is 5. The second kappa shape index (κ2) is 5.81. The van der Waals surface area contributed by atoms with Crippen LogP contribution in [-0.2, 0) is 9.59 Å². The molecule has 0 aromatic carbocycles. The summed E-state index contributed by atoms with van der Waals surface area (Å²) in [5.74, 6) is -2.12. The lowest BCUT2D eigenvalue weighted by atomic mass is 10.4. The van der Waals surface area contributed by atoms with Gasteiger partial charge >= 0.3 is 11.9 Å². The van der Waals surface area contributed by atoms with E-state index in [4.69, 9.17) is 15.9 Å². The third kappa shape index (κ3) is 8.11. The van der Waals surface area contributed by atoms with Crippen LogP contribution in [0.4, 0.5) is 0 Å². The maximum absolute atomic E-state index is 10.0. The summed E-state index contributed by atoms with van der Waals surface area (Å²) in [6.07, 6.45) is -0.0940. The Morgan fingerprint density at radius 2 is 1.92 bits per heavy atom. The maximum Gasteiger partial charge on any atom is 0.325 e. The van der Waals surface area contributed by atoms with Crippen molar-refractivity contribution < 1.29 is 19.8 Å². The Kier molecular flexibility index (Phi) is 5.01. The monoisotopic (exact) mass is 189 g/mol.